The van der Waals surface area contributed by atoms with Crippen LogP contribution in [0.15, 0.2) is 57.7 Å². The highest BCUT2D eigenvalue weighted by Crippen LogP contribution is 2.14. The van der Waals surface area contributed by atoms with Gasteiger partial charge in [-0.3, -0.25) is 4.79 Å². The van der Waals surface area contributed by atoms with Gasteiger partial charge in [0.1, 0.15) is 0 Å². The Morgan fingerprint density at radius 3 is 2.56 bits per heavy atom. The largest absolute Gasteiger partial charge is 0.322 e. The van der Waals surface area contributed by atoms with Crippen molar-refractivity contribution in [2.24, 2.45) is 0 Å². The molecule has 1 atom stereocenters. The zero-order valence-corrected chi connectivity index (χ0v) is 16.4. The highest BCUT2D eigenvalue weighted by molar-refractivity contribution is 7.77. The van der Waals surface area contributed by atoms with Gasteiger partial charge in [-0.15, -0.1) is 11.6 Å². The number of allylic oxidation sites excluding steroid dienone is 7. The van der Waals surface area contributed by atoms with Gasteiger partial charge in [0.05, 0.1) is 10.3 Å². The second kappa shape index (κ2) is 10.1. The number of carbonyl (C=O) groups excluding carboxylic acids is 1. The molecule has 0 fully saturated rings. The molecular formula is C19H22ClNO3S. The van der Waals surface area contributed by atoms with Crippen molar-refractivity contribution in [1.29, 1.82) is 0 Å². The van der Waals surface area contributed by atoms with Crippen molar-refractivity contribution in [2.75, 3.05) is 0 Å². The van der Waals surface area contributed by atoms with Crippen molar-refractivity contribution in [3.63, 3.8) is 0 Å². The summed E-state index contributed by atoms with van der Waals surface area (Å²) in [4.78, 5) is 12.5. The molecule has 6 heteroatoms. The first-order valence-corrected chi connectivity index (χ1v) is 9.32. The van der Waals surface area contributed by atoms with Crippen LogP contribution in [0.5, 0.6) is 0 Å². The molecule has 1 rings (SSSR count). The number of hydrogen-bond acceptors (Lipinski definition) is 3. The topological polar surface area (TPSA) is 63.2 Å². The molecule has 0 aromatic heterocycles. The first-order chi connectivity index (χ1) is 11.7. The van der Waals surface area contributed by atoms with Crippen LogP contribution in [0.25, 0.3) is 0 Å². The summed E-state index contributed by atoms with van der Waals surface area (Å²) in [5.41, 5.74) is 2.30. The number of hydrogen-bond donors (Lipinski definition) is 2. The minimum atomic E-state index is -2.74. The maximum Gasteiger partial charge on any atom is 0.251 e. The molecule has 1 amide bonds. The van der Waals surface area contributed by atoms with E-state index in [0.29, 0.717) is 23.3 Å². The lowest BCUT2D eigenvalue weighted by Crippen LogP contribution is -2.23. The number of rotatable bonds is 5. The van der Waals surface area contributed by atoms with Crippen LogP contribution in [-0.2, 0) is 15.5 Å². The van der Waals surface area contributed by atoms with Crippen molar-refractivity contribution >= 4 is 28.2 Å². The molecule has 0 aromatic rings. The molecule has 0 saturated heterocycles. The zero-order chi connectivity index (χ0) is 19.0. The van der Waals surface area contributed by atoms with Crippen LogP contribution in [0.2, 0.25) is 0 Å². The molecule has 0 bridgehead atoms. The number of thiol groups is 1. The molecule has 134 valence electrons. The fourth-order valence-electron chi connectivity index (χ4n) is 1.97. The standard InChI is InChI=1S/C19H22ClNO3S/c1-13(2)11-18(25(23)24)14(3)12-15(4)19(22)21-17-8-6-5-7-16(20)9-10-17/h8-12,16,25H,7H2,1-4H3,(H,21,22)/b10-9-,15-12+,17-8+,18-14+. The number of nitrogens with one attached hydrogen (secondary N) is 1. The second-order valence-corrected chi connectivity index (χ2v) is 7.39. The van der Waals surface area contributed by atoms with E-state index in [-0.39, 0.29) is 16.2 Å². The summed E-state index contributed by atoms with van der Waals surface area (Å²) in [5.74, 6) is 5.39. The average molecular weight is 380 g/mol. The average Bonchev–Trinajstić information content (AvgIpc) is 2.51. The van der Waals surface area contributed by atoms with Crippen molar-refractivity contribution in [1.82, 2.24) is 5.32 Å². The summed E-state index contributed by atoms with van der Waals surface area (Å²) in [6.45, 7) is 6.91. The van der Waals surface area contributed by atoms with E-state index in [1.165, 1.54) is 0 Å². The van der Waals surface area contributed by atoms with Gasteiger partial charge in [-0.2, -0.15) is 0 Å². The second-order valence-electron chi connectivity index (χ2n) is 5.83. The lowest BCUT2D eigenvalue weighted by molar-refractivity contribution is -0.116. The molecule has 0 spiro atoms. The van der Waals surface area contributed by atoms with Gasteiger partial charge in [-0.05, 0) is 51.5 Å². The van der Waals surface area contributed by atoms with E-state index in [4.69, 9.17) is 11.6 Å². The summed E-state index contributed by atoms with van der Waals surface area (Å²) >= 11 is 6.02. The van der Waals surface area contributed by atoms with Gasteiger partial charge in [0.25, 0.3) is 5.91 Å². The van der Waals surface area contributed by atoms with Gasteiger partial charge in [-0.25, -0.2) is 8.42 Å². The third-order valence-electron chi connectivity index (χ3n) is 3.19. The fourth-order valence-corrected chi connectivity index (χ4v) is 2.83. The quantitative estimate of drug-likeness (QED) is 0.253. The summed E-state index contributed by atoms with van der Waals surface area (Å²) in [5, 5.41) is 2.54. The highest BCUT2D eigenvalue weighted by atomic mass is 35.5. The van der Waals surface area contributed by atoms with Gasteiger partial charge < -0.3 is 5.32 Å². The van der Waals surface area contributed by atoms with E-state index in [0.717, 1.165) is 5.57 Å². The van der Waals surface area contributed by atoms with Crippen molar-refractivity contribution in [2.45, 2.75) is 39.5 Å². The Bertz CT molecular complexity index is 818. The van der Waals surface area contributed by atoms with Crippen LogP contribution < -0.4 is 5.32 Å². The Morgan fingerprint density at radius 1 is 1.28 bits per heavy atom. The van der Waals surface area contributed by atoms with Crippen LogP contribution in [0.1, 0.15) is 34.1 Å². The van der Waals surface area contributed by atoms with Gasteiger partial charge >= 0.3 is 0 Å². The van der Waals surface area contributed by atoms with Crippen LogP contribution in [0.4, 0.5) is 0 Å². The molecule has 0 saturated carbocycles. The third kappa shape index (κ3) is 7.59. The fraction of sp³-hybridized carbons (Fsp3) is 0.316. The summed E-state index contributed by atoms with van der Waals surface area (Å²) in [6, 6.07) is 0. The van der Waals surface area contributed by atoms with Crippen LogP contribution in [0.3, 0.4) is 0 Å². The molecule has 4 nitrogen and oxygen atoms in total. The predicted molar refractivity (Wildman–Crippen MR) is 104 cm³/mol. The number of carbonyl (C=O) groups is 1. The zero-order valence-electron chi connectivity index (χ0n) is 14.7. The molecule has 0 radical (unpaired) electrons. The number of halogens is 1. The Balaban J connectivity index is 3.04. The smallest absolute Gasteiger partial charge is 0.251 e. The Hall–Kier alpha value is -2.03. The molecule has 1 aliphatic rings. The summed E-state index contributed by atoms with van der Waals surface area (Å²) in [7, 11) is -2.74. The first-order valence-electron chi connectivity index (χ1n) is 7.71. The molecule has 25 heavy (non-hydrogen) atoms. The normalized spacial score (nSPS) is 21.6. The van der Waals surface area contributed by atoms with Crippen LogP contribution in [0, 0.1) is 11.8 Å². The minimum Gasteiger partial charge on any atom is -0.322 e. The Labute approximate surface area is 156 Å². The van der Waals surface area contributed by atoms with E-state index in [1.807, 2.05) is 13.8 Å². The van der Waals surface area contributed by atoms with Gasteiger partial charge in [0.2, 0.25) is 0 Å². The Morgan fingerprint density at radius 2 is 1.96 bits per heavy atom. The lowest BCUT2D eigenvalue weighted by Gasteiger charge is -2.08. The number of amides is 1. The van der Waals surface area contributed by atoms with Crippen molar-refractivity contribution < 1.29 is 13.2 Å². The highest BCUT2D eigenvalue weighted by Gasteiger charge is 2.08. The molecule has 0 heterocycles. The van der Waals surface area contributed by atoms with E-state index >= 15 is 0 Å². The van der Waals surface area contributed by atoms with Crippen molar-refractivity contribution in [3.8, 4) is 11.8 Å². The number of alkyl halides is 1. The Kier molecular flexibility index (Phi) is 8.47. The van der Waals surface area contributed by atoms with Crippen LogP contribution >= 0.6 is 11.6 Å². The minimum absolute atomic E-state index is 0.197. The monoisotopic (exact) mass is 379 g/mol. The van der Waals surface area contributed by atoms with Gasteiger partial charge in [0.15, 0.2) is 10.7 Å². The van der Waals surface area contributed by atoms with E-state index in [2.05, 4.69) is 17.2 Å². The third-order valence-corrected chi connectivity index (χ3v) is 4.36. The molecular weight excluding hydrogens is 358 g/mol. The van der Waals surface area contributed by atoms with Gasteiger partial charge in [-0.1, -0.05) is 23.5 Å². The molecule has 1 N–H and O–H groups in total. The summed E-state index contributed by atoms with van der Waals surface area (Å²) in [6.07, 6.45) is 8.77. The van der Waals surface area contributed by atoms with Crippen LogP contribution in [-0.4, -0.2) is 19.7 Å². The maximum absolute atomic E-state index is 12.3. The maximum atomic E-state index is 12.3. The van der Waals surface area contributed by atoms with E-state index in [1.54, 1.807) is 44.2 Å². The van der Waals surface area contributed by atoms with Gasteiger partial charge in [0, 0.05) is 23.8 Å². The lowest BCUT2D eigenvalue weighted by atomic mass is 10.1. The predicted octanol–water partition coefficient (Wildman–Crippen LogP) is 3.36. The molecule has 1 unspecified atom stereocenters. The van der Waals surface area contributed by atoms with Crippen molar-refractivity contribution in [3.05, 3.63) is 57.7 Å². The SMILES string of the molecule is CC(C)=C/C(=C(C)\C=C(/C)C(=O)NC1=C/C#CCC(Cl)/C=C\1)[SH](=O)=O. The molecule has 0 aromatic carbocycles. The molecule has 1 aliphatic carbocycles. The van der Waals surface area contributed by atoms with E-state index < -0.39 is 10.7 Å². The summed E-state index contributed by atoms with van der Waals surface area (Å²) < 4.78 is 22.8. The first kappa shape index (κ1) is 21.0. The van der Waals surface area contributed by atoms with E-state index in [9.17, 15) is 13.2 Å². The molecule has 0 aliphatic heterocycles.